The number of nitrogens with zero attached hydrogens (tertiary/aromatic N) is 1. The number of carbonyl (C=O) groups is 1. The second kappa shape index (κ2) is 5.96. The Morgan fingerprint density at radius 2 is 1.85 bits per heavy atom. The van der Waals surface area contributed by atoms with E-state index in [0.29, 0.717) is 18.3 Å². The third-order valence-electron chi connectivity index (χ3n) is 4.99. The van der Waals surface area contributed by atoms with Crippen LogP contribution in [0.2, 0.25) is 0 Å². The van der Waals surface area contributed by atoms with Gasteiger partial charge in [0.05, 0.1) is 12.6 Å². The molecule has 3 nitrogen and oxygen atoms in total. The Bertz CT molecular complexity index is 459. The first-order valence-electron chi connectivity index (χ1n) is 7.75. The molecule has 0 aromatic heterocycles. The number of piperidine rings is 1. The van der Waals surface area contributed by atoms with Crippen LogP contribution in [0.15, 0.2) is 30.3 Å². The molecule has 0 bridgehead atoms. The average Bonchev–Trinajstić information content (AvgIpc) is 2.49. The minimum atomic E-state index is -0.174. The summed E-state index contributed by atoms with van der Waals surface area (Å²) < 4.78 is 0. The van der Waals surface area contributed by atoms with E-state index in [1.54, 1.807) is 0 Å². The topological polar surface area (TPSA) is 40.5 Å². The number of amides is 1. The van der Waals surface area contributed by atoms with Crippen LogP contribution in [0.5, 0.6) is 0 Å². The van der Waals surface area contributed by atoms with Crippen LogP contribution < -0.4 is 0 Å². The number of rotatable bonds is 3. The molecule has 1 heterocycles. The summed E-state index contributed by atoms with van der Waals surface area (Å²) >= 11 is 0. The first-order valence-corrected chi connectivity index (χ1v) is 7.75. The Morgan fingerprint density at radius 3 is 2.55 bits per heavy atom. The third-order valence-corrected chi connectivity index (χ3v) is 4.99. The van der Waals surface area contributed by atoms with E-state index in [-0.39, 0.29) is 18.6 Å². The number of aliphatic hydroxyl groups is 1. The highest BCUT2D eigenvalue weighted by Crippen LogP contribution is 2.39. The van der Waals surface area contributed by atoms with Gasteiger partial charge in [-0.25, -0.2) is 0 Å². The highest BCUT2D eigenvalue weighted by atomic mass is 16.3. The summed E-state index contributed by atoms with van der Waals surface area (Å²) in [5, 5.41) is 9.75. The predicted octanol–water partition coefficient (Wildman–Crippen LogP) is 2.76. The van der Waals surface area contributed by atoms with Crippen molar-refractivity contribution in [3.63, 3.8) is 0 Å². The third kappa shape index (κ3) is 2.59. The predicted molar refractivity (Wildman–Crippen MR) is 78.0 cm³/mol. The molecule has 1 aromatic rings. The van der Waals surface area contributed by atoms with E-state index in [0.717, 1.165) is 12.1 Å². The SMILES string of the molecule is O=C1C[C@@H]2CCCC[C@@H]2CN1[C@@H](CO)c1ccccc1. The van der Waals surface area contributed by atoms with Crippen molar-refractivity contribution in [3.8, 4) is 0 Å². The fourth-order valence-corrected chi connectivity index (χ4v) is 3.85. The summed E-state index contributed by atoms with van der Waals surface area (Å²) in [5.41, 5.74) is 1.04. The van der Waals surface area contributed by atoms with E-state index in [4.69, 9.17) is 0 Å². The molecule has 2 aliphatic rings. The van der Waals surface area contributed by atoms with Crippen LogP contribution in [0.3, 0.4) is 0 Å². The molecular weight excluding hydrogens is 250 g/mol. The molecule has 3 heteroatoms. The monoisotopic (exact) mass is 273 g/mol. The first-order chi connectivity index (χ1) is 9.79. The summed E-state index contributed by atoms with van der Waals surface area (Å²) in [6.07, 6.45) is 5.68. The quantitative estimate of drug-likeness (QED) is 0.920. The van der Waals surface area contributed by atoms with Gasteiger partial charge in [0.2, 0.25) is 5.91 Å². The van der Waals surface area contributed by atoms with Gasteiger partial charge in [-0.05, 0) is 30.2 Å². The molecule has 108 valence electrons. The smallest absolute Gasteiger partial charge is 0.223 e. The average molecular weight is 273 g/mol. The number of hydrogen-bond acceptors (Lipinski definition) is 2. The standard InChI is InChI=1S/C17H23NO2/c19-12-16(13-6-2-1-3-7-13)18-11-15-9-5-4-8-14(15)10-17(18)20/h1-3,6-7,14-16,19H,4-5,8-12H2/t14-,15+,16-/m0/s1. The van der Waals surface area contributed by atoms with E-state index in [2.05, 4.69) is 0 Å². The van der Waals surface area contributed by atoms with Gasteiger partial charge in [0, 0.05) is 13.0 Å². The van der Waals surface area contributed by atoms with Gasteiger partial charge in [0.1, 0.15) is 0 Å². The second-order valence-corrected chi connectivity index (χ2v) is 6.16. The van der Waals surface area contributed by atoms with Crippen molar-refractivity contribution in [2.24, 2.45) is 11.8 Å². The number of benzene rings is 1. The van der Waals surface area contributed by atoms with Gasteiger partial charge in [-0.15, -0.1) is 0 Å². The van der Waals surface area contributed by atoms with E-state index in [9.17, 15) is 9.90 Å². The number of fused-ring (bicyclic) bond motifs is 1. The Labute approximate surface area is 120 Å². The highest BCUT2D eigenvalue weighted by molar-refractivity contribution is 5.78. The zero-order valence-corrected chi connectivity index (χ0v) is 11.9. The minimum absolute atomic E-state index is 0.00708. The molecule has 3 rings (SSSR count). The van der Waals surface area contributed by atoms with Crippen LogP contribution in [0, 0.1) is 11.8 Å². The molecule has 1 aromatic carbocycles. The lowest BCUT2D eigenvalue weighted by atomic mass is 9.74. The Balaban J connectivity index is 1.79. The van der Waals surface area contributed by atoms with Crippen LogP contribution in [0.25, 0.3) is 0 Å². The van der Waals surface area contributed by atoms with Crippen LogP contribution in [0.4, 0.5) is 0 Å². The number of aliphatic hydroxyl groups excluding tert-OH is 1. The highest BCUT2D eigenvalue weighted by Gasteiger charge is 2.38. The molecule has 1 amide bonds. The maximum Gasteiger partial charge on any atom is 0.223 e. The van der Waals surface area contributed by atoms with Crippen molar-refractivity contribution in [2.45, 2.75) is 38.1 Å². The van der Waals surface area contributed by atoms with Gasteiger partial charge in [0.25, 0.3) is 0 Å². The van der Waals surface area contributed by atoms with Crippen LogP contribution in [-0.2, 0) is 4.79 Å². The van der Waals surface area contributed by atoms with Gasteiger partial charge >= 0.3 is 0 Å². The van der Waals surface area contributed by atoms with Gasteiger partial charge in [-0.3, -0.25) is 4.79 Å². The molecule has 3 atom stereocenters. The van der Waals surface area contributed by atoms with Gasteiger partial charge in [0.15, 0.2) is 0 Å². The molecule has 1 aliphatic carbocycles. The van der Waals surface area contributed by atoms with Gasteiger partial charge in [-0.2, -0.15) is 0 Å². The van der Waals surface area contributed by atoms with Crippen molar-refractivity contribution in [1.29, 1.82) is 0 Å². The molecule has 1 aliphatic heterocycles. The lowest BCUT2D eigenvalue weighted by molar-refractivity contribution is -0.142. The zero-order chi connectivity index (χ0) is 13.9. The second-order valence-electron chi connectivity index (χ2n) is 6.16. The summed E-state index contributed by atoms with van der Waals surface area (Å²) in [7, 11) is 0. The van der Waals surface area contributed by atoms with Crippen LogP contribution in [0.1, 0.15) is 43.7 Å². The summed E-state index contributed by atoms with van der Waals surface area (Å²) in [6, 6.07) is 9.73. The van der Waals surface area contributed by atoms with Crippen molar-refractivity contribution in [1.82, 2.24) is 4.90 Å². The first kappa shape index (κ1) is 13.6. The lowest BCUT2D eigenvalue weighted by Crippen LogP contribution is -2.47. The minimum Gasteiger partial charge on any atom is -0.394 e. The molecule has 1 saturated heterocycles. The lowest BCUT2D eigenvalue weighted by Gasteiger charge is -2.43. The molecule has 0 unspecified atom stereocenters. The Hall–Kier alpha value is -1.35. The van der Waals surface area contributed by atoms with Gasteiger partial charge < -0.3 is 10.0 Å². The molecule has 0 radical (unpaired) electrons. The van der Waals surface area contributed by atoms with E-state index in [1.165, 1.54) is 25.7 Å². The molecule has 20 heavy (non-hydrogen) atoms. The molecule has 0 spiro atoms. The van der Waals surface area contributed by atoms with Crippen LogP contribution in [-0.4, -0.2) is 29.1 Å². The van der Waals surface area contributed by atoms with E-state index < -0.39 is 0 Å². The van der Waals surface area contributed by atoms with E-state index >= 15 is 0 Å². The maximum absolute atomic E-state index is 12.4. The van der Waals surface area contributed by atoms with Crippen molar-refractivity contribution < 1.29 is 9.90 Å². The Morgan fingerprint density at radius 1 is 1.15 bits per heavy atom. The molecular formula is C17H23NO2. The molecule has 2 fully saturated rings. The summed E-state index contributed by atoms with van der Waals surface area (Å²) in [6.45, 7) is 0.830. The van der Waals surface area contributed by atoms with Gasteiger partial charge in [-0.1, -0.05) is 43.2 Å². The number of carbonyl (C=O) groups excluding carboxylic acids is 1. The van der Waals surface area contributed by atoms with E-state index in [1.807, 2.05) is 35.2 Å². The summed E-state index contributed by atoms with van der Waals surface area (Å²) in [5.74, 6) is 1.44. The van der Waals surface area contributed by atoms with Crippen molar-refractivity contribution in [3.05, 3.63) is 35.9 Å². The normalized spacial score (nSPS) is 28.1. The van der Waals surface area contributed by atoms with Crippen LogP contribution >= 0.6 is 0 Å². The molecule has 1 saturated carbocycles. The fraction of sp³-hybridized carbons (Fsp3) is 0.588. The summed E-state index contributed by atoms with van der Waals surface area (Å²) in [4.78, 5) is 14.4. The number of hydrogen-bond donors (Lipinski definition) is 1. The Kier molecular flexibility index (Phi) is 4.06. The largest absolute Gasteiger partial charge is 0.394 e. The van der Waals surface area contributed by atoms with Crippen molar-refractivity contribution in [2.75, 3.05) is 13.2 Å². The zero-order valence-electron chi connectivity index (χ0n) is 11.9. The maximum atomic E-state index is 12.4. The fourth-order valence-electron chi connectivity index (χ4n) is 3.85. The van der Waals surface area contributed by atoms with Crippen molar-refractivity contribution >= 4 is 5.91 Å². The number of likely N-dealkylation sites (tertiary alicyclic amines) is 1. The molecule has 1 N–H and O–H groups in total.